The van der Waals surface area contributed by atoms with Gasteiger partial charge in [-0.05, 0) is 73.6 Å². The molecule has 2 aromatic carbocycles. The van der Waals surface area contributed by atoms with Crippen LogP contribution in [0, 0.1) is 13.8 Å². The van der Waals surface area contributed by atoms with Crippen LogP contribution >= 0.6 is 0 Å². The van der Waals surface area contributed by atoms with Crippen LogP contribution < -0.4 is 0 Å². The molecule has 2 heteroatoms. The molecule has 0 aliphatic heterocycles. The van der Waals surface area contributed by atoms with Gasteiger partial charge in [-0.1, -0.05) is 81.3 Å². The fourth-order valence-corrected chi connectivity index (χ4v) is 5.69. The highest BCUT2D eigenvalue weighted by Crippen LogP contribution is 2.42. The monoisotopic (exact) mass is 408 g/mol. The van der Waals surface area contributed by atoms with Crippen LogP contribution in [0.1, 0.15) is 117 Å². The van der Waals surface area contributed by atoms with Gasteiger partial charge in [-0.15, -0.1) is 0 Å². The Bertz CT molecular complexity index is 784. The minimum absolute atomic E-state index is 0. The molecular weight excluding hydrogens is 368 g/mol. The lowest BCUT2D eigenvalue weighted by Crippen LogP contribution is -2.07. The van der Waals surface area contributed by atoms with E-state index in [9.17, 15) is 10.2 Å². The Balaban J connectivity index is 0.00000256. The average Bonchev–Trinajstić information content (AvgIpc) is 2.74. The first-order valence-electron chi connectivity index (χ1n) is 11.7. The minimum Gasteiger partial charge on any atom is -0.507 e. The minimum atomic E-state index is 0. The summed E-state index contributed by atoms with van der Waals surface area (Å²) in [5.41, 5.74) is 6.58. The molecule has 2 aromatic rings. The first kappa shape index (κ1) is 22.7. The Morgan fingerprint density at radius 1 is 0.633 bits per heavy atom. The Morgan fingerprint density at radius 2 is 1.00 bits per heavy atom. The number of hydrogen-bond acceptors (Lipinski definition) is 2. The summed E-state index contributed by atoms with van der Waals surface area (Å²) in [5, 5.41) is 22.2. The molecule has 2 nitrogen and oxygen atoms in total. The summed E-state index contributed by atoms with van der Waals surface area (Å²) in [6.07, 6.45) is 13.0. The van der Waals surface area contributed by atoms with Crippen molar-refractivity contribution in [2.24, 2.45) is 0 Å². The summed E-state index contributed by atoms with van der Waals surface area (Å²) in [7, 11) is 0. The lowest BCUT2D eigenvalue weighted by atomic mass is 9.81. The van der Waals surface area contributed by atoms with Crippen molar-refractivity contribution in [2.45, 2.75) is 104 Å². The van der Waals surface area contributed by atoms with Crippen LogP contribution in [-0.2, 0) is 6.42 Å². The predicted octanol–water partition coefficient (Wildman–Crippen LogP) is 8.04. The summed E-state index contributed by atoms with van der Waals surface area (Å²) in [4.78, 5) is 0. The molecule has 0 amide bonds. The highest BCUT2D eigenvalue weighted by molar-refractivity contribution is 5.52. The fourth-order valence-electron chi connectivity index (χ4n) is 5.69. The van der Waals surface area contributed by atoms with E-state index in [-0.39, 0.29) is 7.43 Å². The van der Waals surface area contributed by atoms with Crippen molar-refractivity contribution in [3.05, 3.63) is 57.6 Å². The lowest BCUT2D eigenvalue weighted by Gasteiger charge is -2.25. The molecule has 2 aliphatic carbocycles. The molecule has 0 saturated heterocycles. The van der Waals surface area contributed by atoms with E-state index in [1.807, 2.05) is 0 Å². The molecule has 0 bridgehead atoms. The van der Waals surface area contributed by atoms with Gasteiger partial charge in [0.2, 0.25) is 0 Å². The van der Waals surface area contributed by atoms with Gasteiger partial charge in [-0.3, -0.25) is 0 Å². The zero-order chi connectivity index (χ0) is 20.4. The van der Waals surface area contributed by atoms with Gasteiger partial charge in [0.1, 0.15) is 11.5 Å². The third-order valence-electron chi connectivity index (χ3n) is 7.20. The van der Waals surface area contributed by atoms with Crippen molar-refractivity contribution >= 4 is 0 Å². The molecule has 0 radical (unpaired) electrons. The second-order valence-electron chi connectivity index (χ2n) is 9.57. The number of benzene rings is 2. The van der Waals surface area contributed by atoms with Gasteiger partial charge in [0.25, 0.3) is 0 Å². The summed E-state index contributed by atoms with van der Waals surface area (Å²) in [6.45, 7) is 4.25. The third kappa shape index (κ3) is 4.85. The van der Waals surface area contributed by atoms with Gasteiger partial charge in [0.05, 0.1) is 0 Å². The molecule has 30 heavy (non-hydrogen) atoms. The molecule has 2 N–H and O–H groups in total. The zero-order valence-electron chi connectivity index (χ0n) is 18.1. The van der Waals surface area contributed by atoms with E-state index in [0.29, 0.717) is 29.8 Å². The van der Waals surface area contributed by atoms with Crippen LogP contribution in [0.15, 0.2) is 24.3 Å². The number of rotatable bonds is 4. The summed E-state index contributed by atoms with van der Waals surface area (Å²) < 4.78 is 0. The largest absolute Gasteiger partial charge is 0.507 e. The Hall–Kier alpha value is -1.96. The van der Waals surface area contributed by atoms with Gasteiger partial charge in [-0.25, -0.2) is 0 Å². The third-order valence-corrected chi connectivity index (χ3v) is 7.20. The van der Waals surface area contributed by atoms with Crippen LogP contribution in [0.25, 0.3) is 0 Å². The number of phenols is 2. The van der Waals surface area contributed by atoms with E-state index in [0.717, 1.165) is 22.3 Å². The zero-order valence-corrected chi connectivity index (χ0v) is 18.1. The molecule has 4 rings (SSSR count). The van der Waals surface area contributed by atoms with Crippen LogP contribution in [0.4, 0.5) is 0 Å². The highest BCUT2D eigenvalue weighted by Gasteiger charge is 2.23. The molecule has 0 spiro atoms. The summed E-state index contributed by atoms with van der Waals surface area (Å²) >= 11 is 0. The smallest absolute Gasteiger partial charge is 0.122 e. The molecule has 2 saturated carbocycles. The maximum absolute atomic E-state index is 11.1. The molecular formula is C28H40O2. The van der Waals surface area contributed by atoms with Crippen molar-refractivity contribution in [3.8, 4) is 11.5 Å². The summed E-state index contributed by atoms with van der Waals surface area (Å²) in [5.74, 6) is 1.88. The molecule has 2 fully saturated rings. The molecule has 0 aromatic heterocycles. The first-order valence-corrected chi connectivity index (χ1v) is 11.7. The Labute approximate surface area is 183 Å². The number of hydrogen-bond donors (Lipinski definition) is 2. The molecule has 0 unspecified atom stereocenters. The van der Waals surface area contributed by atoms with Gasteiger partial charge in [-0.2, -0.15) is 0 Å². The second kappa shape index (κ2) is 9.90. The topological polar surface area (TPSA) is 40.5 Å². The quantitative estimate of drug-likeness (QED) is 0.537. The van der Waals surface area contributed by atoms with Crippen molar-refractivity contribution in [3.63, 3.8) is 0 Å². The van der Waals surface area contributed by atoms with E-state index in [1.165, 1.54) is 75.3 Å². The maximum Gasteiger partial charge on any atom is 0.122 e. The number of aromatic hydroxyl groups is 2. The summed E-state index contributed by atoms with van der Waals surface area (Å²) in [6, 6.07) is 8.56. The molecule has 0 atom stereocenters. The molecule has 2 aliphatic rings. The van der Waals surface area contributed by atoms with Crippen molar-refractivity contribution in [1.29, 1.82) is 0 Å². The van der Waals surface area contributed by atoms with Gasteiger partial charge < -0.3 is 10.2 Å². The van der Waals surface area contributed by atoms with E-state index in [1.54, 1.807) is 0 Å². The van der Waals surface area contributed by atoms with Gasteiger partial charge in [0.15, 0.2) is 0 Å². The van der Waals surface area contributed by atoms with Crippen LogP contribution in [0.5, 0.6) is 11.5 Å². The second-order valence-corrected chi connectivity index (χ2v) is 9.57. The highest BCUT2D eigenvalue weighted by atomic mass is 16.3. The van der Waals surface area contributed by atoms with Gasteiger partial charge >= 0.3 is 0 Å². The molecule has 164 valence electrons. The SMILES string of the molecule is C.Cc1cc(Cc2cc(C)cc(C3CCCCC3)c2O)c(O)c(C2CCCCC2)c1. The Morgan fingerprint density at radius 3 is 1.37 bits per heavy atom. The van der Waals surface area contributed by atoms with Crippen molar-refractivity contribution in [1.82, 2.24) is 0 Å². The first-order chi connectivity index (χ1) is 14.0. The lowest BCUT2D eigenvalue weighted by molar-refractivity contribution is 0.408. The van der Waals surface area contributed by atoms with E-state index >= 15 is 0 Å². The van der Waals surface area contributed by atoms with E-state index in [2.05, 4.69) is 38.1 Å². The predicted molar refractivity (Wildman–Crippen MR) is 127 cm³/mol. The van der Waals surface area contributed by atoms with Crippen LogP contribution in [0.3, 0.4) is 0 Å². The average molecular weight is 409 g/mol. The number of phenolic OH excluding ortho intramolecular Hbond substituents is 2. The van der Waals surface area contributed by atoms with Crippen LogP contribution in [-0.4, -0.2) is 10.2 Å². The maximum atomic E-state index is 11.1. The fraction of sp³-hybridized carbons (Fsp3) is 0.571. The van der Waals surface area contributed by atoms with Crippen LogP contribution in [0.2, 0.25) is 0 Å². The van der Waals surface area contributed by atoms with E-state index in [4.69, 9.17) is 0 Å². The number of aryl methyl sites for hydroxylation is 2. The standard InChI is InChI=1S/C27H36O2.CH4/c1-18-13-22(26(28)24(15-18)20-9-5-3-6-10-20)17-23-14-19(2)16-25(27(23)29)21-11-7-4-8-12-21;/h13-16,20-21,28-29H,3-12,17H2,1-2H3;1H4. The van der Waals surface area contributed by atoms with Gasteiger partial charge in [0, 0.05) is 6.42 Å². The Kier molecular flexibility index (Phi) is 7.50. The van der Waals surface area contributed by atoms with Crippen molar-refractivity contribution in [2.75, 3.05) is 0 Å². The van der Waals surface area contributed by atoms with E-state index < -0.39 is 0 Å². The normalized spacial score (nSPS) is 18.2. The van der Waals surface area contributed by atoms with Crippen molar-refractivity contribution < 1.29 is 10.2 Å². The molecule has 0 heterocycles.